The van der Waals surface area contributed by atoms with Gasteiger partial charge in [0.05, 0.1) is 13.1 Å². The molecular formula is C22H34N6O7. The van der Waals surface area contributed by atoms with Gasteiger partial charge in [-0.3, -0.25) is 24.0 Å². The molecule has 0 aromatic rings. The summed E-state index contributed by atoms with van der Waals surface area (Å²) in [4.78, 5) is 78.5. The largest absolute Gasteiger partial charge is 0.480 e. The van der Waals surface area contributed by atoms with Crippen molar-refractivity contribution < 1.29 is 33.9 Å². The van der Waals surface area contributed by atoms with Crippen molar-refractivity contribution in [2.75, 3.05) is 32.7 Å². The molecule has 35 heavy (non-hydrogen) atoms. The van der Waals surface area contributed by atoms with Gasteiger partial charge in [-0.15, -0.1) is 0 Å². The minimum absolute atomic E-state index is 0.252. The number of amides is 5. The molecule has 0 saturated carbocycles. The normalized spacial score (nSPS) is 24.9. The Labute approximate surface area is 203 Å². The van der Waals surface area contributed by atoms with Crippen LogP contribution >= 0.6 is 0 Å². The zero-order valence-electron chi connectivity index (χ0n) is 19.9. The molecule has 0 spiro atoms. The molecule has 5 amide bonds. The SMILES string of the molecule is CC(NC(=O)CN)C(=O)N1CCCC1C(=O)NCC(=O)N1CCCC1C(=O)N1CCCC1C(=O)O. The van der Waals surface area contributed by atoms with Gasteiger partial charge >= 0.3 is 5.97 Å². The summed E-state index contributed by atoms with van der Waals surface area (Å²) < 4.78 is 0. The molecule has 3 fully saturated rings. The summed E-state index contributed by atoms with van der Waals surface area (Å²) in [6, 6.07) is -3.21. The van der Waals surface area contributed by atoms with Crippen LogP contribution in [0.4, 0.5) is 0 Å². The molecule has 5 N–H and O–H groups in total. The summed E-state index contributed by atoms with van der Waals surface area (Å²) in [5.74, 6) is -3.21. The first-order valence-corrected chi connectivity index (χ1v) is 12.1. The van der Waals surface area contributed by atoms with Gasteiger partial charge in [-0.1, -0.05) is 0 Å². The fourth-order valence-electron chi connectivity index (χ4n) is 5.10. The molecule has 13 heteroatoms. The minimum Gasteiger partial charge on any atom is -0.480 e. The van der Waals surface area contributed by atoms with Crippen molar-refractivity contribution in [2.45, 2.75) is 69.6 Å². The molecule has 3 aliphatic rings. The predicted molar refractivity (Wildman–Crippen MR) is 122 cm³/mol. The Hall–Kier alpha value is -3.22. The van der Waals surface area contributed by atoms with Gasteiger partial charge in [0.1, 0.15) is 24.2 Å². The van der Waals surface area contributed by atoms with E-state index in [0.717, 1.165) is 0 Å². The van der Waals surface area contributed by atoms with Crippen molar-refractivity contribution in [3.05, 3.63) is 0 Å². The van der Waals surface area contributed by atoms with Crippen LogP contribution in [0.1, 0.15) is 45.4 Å². The molecule has 4 atom stereocenters. The number of nitrogens with one attached hydrogen (secondary N) is 2. The molecular weight excluding hydrogens is 460 g/mol. The van der Waals surface area contributed by atoms with Gasteiger partial charge in [0.25, 0.3) is 0 Å². The van der Waals surface area contributed by atoms with E-state index in [0.29, 0.717) is 58.2 Å². The first-order chi connectivity index (χ1) is 16.6. The standard InChI is InChI=1S/C22H34N6O7/c1-13(25-17(29)11-23)20(32)27-9-2-5-14(27)19(31)24-12-18(30)26-8-3-6-15(26)21(33)28-10-4-7-16(28)22(34)35/h13-16H,2-12,23H2,1H3,(H,24,31)(H,25,29)(H,34,35). The summed E-state index contributed by atoms with van der Waals surface area (Å²) in [7, 11) is 0. The van der Waals surface area contributed by atoms with Gasteiger partial charge in [0.2, 0.25) is 29.5 Å². The van der Waals surface area contributed by atoms with E-state index in [1.807, 2.05) is 0 Å². The number of rotatable bonds is 8. The molecule has 0 aromatic heterocycles. The highest BCUT2D eigenvalue weighted by molar-refractivity contribution is 5.95. The van der Waals surface area contributed by atoms with Crippen LogP contribution in [0.2, 0.25) is 0 Å². The average Bonchev–Trinajstić information content (AvgIpc) is 3.61. The molecule has 0 radical (unpaired) electrons. The number of carbonyl (C=O) groups excluding carboxylic acids is 5. The second-order valence-electron chi connectivity index (χ2n) is 9.17. The number of carbonyl (C=O) groups is 6. The molecule has 0 aromatic carbocycles. The van der Waals surface area contributed by atoms with Gasteiger partial charge in [0, 0.05) is 19.6 Å². The van der Waals surface area contributed by atoms with Gasteiger partial charge in [0.15, 0.2) is 0 Å². The van der Waals surface area contributed by atoms with E-state index >= 15 is 0 Å². The number of hydrogen-bond acceptors (Lipinski definition) is 7. The molecule has 0 bridgehead atoms. The molecule has 3 saturated heterocycles. The third-order valence-electron chi connectivity index (χ3n) is 6.86. The molecule has 4 unspecified atom stereocenters. The Bertz CT molecular complexity index is 880. The van der Waals surface area contributed by atoms with E-state index in [9.17, 15) is 33.9 Å². The monoisotopic (exact) mass is 494 g/mol. The molecule has 3 aliphatic heterocycles. The Morgan fingerprint density at radius 2 is 1.46 bits per heavy atom. The summed E-state index contributed by atoms with van der Waals surface area (Å²) in [6.07, 6.45) is 3.09. The van der Waals surface area contributed by atoms with E-state index in [1.54, 1.807) is 0 Å². The van der Waals surface area contributed by atoms with E-state index in [4.69, 9.17) is 5.73 Å². The number of nitrogens with zero attached hydrogens (tertiary/aromatic N) is 3. The van der Waals surface area contributed by atoms with E-state index in [1.165, 1.54) is 21.6 Å². The number of nitrogens with two attached hydrogens (primary N) is 1. The van der Waals surface area contributed by atoms with Crippen molar-refractivity contribution in [1.82, 2.24) is 25.3 Å². The molecule has 0 aliphatic carbocycles. The van der Waals surface area contributed by atoms with Crippen molar-refractivity contribution >= 4 is 35.5 Å². The van der Waals surface area contributed by atoms with Crippen molar-refractivity contribution in [3.63, 3.8) is 0 Å². The Morgan fingerprint density at radius 1 is 0.886 bits per heavy atom. The quantitative estimate of drug-likeness (QED) is 0.288. The Balaban J connectivity index is 1.55. The number of carboxylic acid groups (broad SMARTS) is 1. The van der Waals surface area contributed by atoms with Crippen LogP contribution in [0.25, 0.3) is 0 Å². The lowest BCUT2D eigenvalue weighted by atomic mass is 10.1. The highest BCUT2D eigenvalue weighted by Crippen LogP contribution is 2.25. The van der Waals surface area contributed by atoms with Crippen molar-refractivity contribution in [2.24, 2.45) is 5.73 Å². The van der Waals surface area contributed by atoms with Crippen molar-refractivity contribution in [3.8, 4) is 0 Å². The van der Waals surface area contributed by atoms with E-state index < -0.39 is 53.8 Å². The second-order valence-corrected chi connectivity index (χ2v) is 9.17. The van der Waals surface area contributed by atoms with E-state index in [-0.39, 0.29) is 19.0 Å². The number of aliphatic carboxylic acids is 1. The van der Waals surface area contributed by atoms with Gasteiger partial charge in [-0.25, -0.2) is 4.79 Å². The highest BCUT2D eigenvalue weighted by atomic mass is 16.4. The Morgan fingerprint density at radius 3 is 2.09 bits per heavy atom. The number of carboxylic acids is 1. The fraction of sp³-hybridized carbons (Fsp3) is 0.727. The maximum Gasteiger partial charge on any atom is 0.326 e. The predicted octanol–water partition coefficient (Wildman–Crippen LogP) is -2.38. The lowest BCUT2D eigenvalue weighted by molar-refractivity contribution is -0.151. The van der Waals surface area contributed by atoms with Crippen molar-refractivity contribution in [1.29, 1.82) is 0 Å². The fourth-order valence-corrected chi connectivity index (χ4v) is 5.10. The van der Waals surface area contributed by atoms with Crippen LogP contribution in [-0.2, 0) is 28.8 Å². The lowest BCUT2D eigenvalue weighted by Gasteiger charge is -2.30. The molecule has 194 valence electrons. The second kappa shape index (κ2) is 11.5. The van der Waals surface area contributed by atoms with Crippen LogP contribution in [0.5, 0.6) is 0 Å². The van der Waals surface area contributed by atoms with Crippen LogP contribution < -0.4 is 16.4 Å². The minimum atomic E-state index is -1.05. The highest BCUT2D eigenvalue weighted by Gasteiger charge is 2.42. The summed E-state index contributed by atoms with van der Waals surface area (Å²) >= 11 is 0. The summed E-state index contributed by atoms with van der Waals surface area (Å²) in [5.41, 5.74) is 5.27. The third kappa shape index (κ3) is 5.89. The average molecular weight is 495 g/mol. The lowest BCUT2D eigenvalue weighted by Crippen LogP contribution is -2.55. The van der Waals surface area contributed by atoms with Gasteiger partial charge < -0.3 is 36.2 Å². The zero-order chi connectivity index (χ0) is 25.7. The number of likely N-dealkylation sites (tertiary alicyclic amines) is 3. The number of hydrogen-bond donors (Lipinski definition) is 4. The van der Waals surface area contributed by atoms with Gasteiger partial charge in [-0.05, 0) is 45.4 Å². The third-order valence-corrected chi connectivity index (χ3v) is 6.86. The maximum atomic E-state index is 13.0. The molecule has 13 nitrogen and oxygen atoms in total. The topological polar surface area (TPSA) is 182 Å². The van der Waals surface area contributed by atoms with Crippen LogP contribution in [0.15, 0.2) is 0 Å². The first-order valence-electron chi connectivity index (χ1n) is 12.1. The van der Waals surface area contributed by atoms with E-state index in [2.05, 4.69) is 10.6 Å². The Kier molecular flexibility index (Phi) is 8.65. The summed E-state index contributed by atoms with van der Waals surface area (Å²) in [5, 5.41) is 14.4. The zero-order valence-corrected chi connectivity index (χ0v) is 19.9. The maximum absolute atomic E-state index is 13.0. The molecule has 3 heterocycles. The first kappa shape index (κ1) is 26.4. The summed E-state index contributed by atoms with van der Waals surface area (Å²) in [6.45, 7) is 1.99. The van der Waals surface area contributed by atoms with Gasteiger partial charge in [-0.2, -0.15) is 0 Å². The van der Waals surface area contributed by atoms with Crippen LogP contribution in [0, 0.1) is 0 Å². The van der Waals surface area contributed by atoms with Crippen LogP contribution in [0.3, 0.4) is 0 Å². The molecule has 3 rings (SSSR count). The van der Waals surface area contributed by atoms with Crippen LogP contribution in [-0.4, -0.2) is 112 Å². The smallest absolute Gasteiger partial charge is 0.326 e.